The Labute approximate surface area is 88.6 Å². The molecule has 1 saturated carbocycles. The first-order valence-electron chi connectivity index (χ1n) is 5.17. The van der Waals surface area contributed by atoms with E-state index in [4.69, 9.17) is 5.73 Å². The van der Waals surface area contributed by atoms with Gasteiger partial charge in [-0.3, -0.25) is 9.89 Å². The number of hydrogen-bond acceptors (Lipinski definition) is 3. The molecule has 1 fully saturated rings. The molecule has 82 valence electrons. The number of hydrogen-bond donors (Lipinski definition) is 2. The lowest BCUT2D eigenvalue weighted by Crippen LogP contribution is -2.36. The quantitative estimate of drug-likeness (QED) is 0.773. The summed E-state index contributed by atoms with van der Waals surface area (Å²) in [6.07, 6.45) is 2.45. The SMILES string of the molecule is CC(C1CC1)N(C)C(=O)c1cc(N)n[nH]1. The smallest absolute Gasteiger partial charge is 0.271 e. The number of anilines is 1. The van der Waals surface area contributed by atoms with E-state index in [0.717, 1.165) is 0 Å². The third-order valence-electron chi connectivity index (χ3n) is 3.06. The zero-order valence-electron chi connectivity index (χ0n) is 9.03. The number of aromatic amines is 1. The van der Waals surface area contributed by atoms with E-state index in [0.29, 0.717) is 23.5 Å². The second kappa shape index (κ2) is 3.56. The first-order valence-corrected chi connectivity index (χ1v) is 5.17. The van der Waals surface area contributed by atoms with Crippen molar-refractivity contribution in [3.05, 3.63) is 11.8 Å². The average Bonchev–Trinajstić information content (AvgIpc) is 2.98. The van der Waals surface area contributed by atoms with Gasteiger partial charge in [0.25, 0.3) is 5.91 Å². The lowest BCUT2D eigenvalue weighted by atomic mass is 10.2. The second-order valence-electron chi connectivity index (χ2n) is 4.20. The standard InChI is InChI=1S/C10H16N4O/c1-6(7-3-4-7)14(2)10(15)8-5-9(11)13-12-8/h5-7H,3-4H2,1-2H3,(H3,11,12,13). The van der Waals surface area contributed by atoms with Crippen LogP contribution in [0, 0.1) is 5.92 Å². The third kappa shape index (κ3) is 1.95. The molecule has 2 rings (SSSR count). The molecule has 0 saturated heterocycles. The fourth-order valence-electron chi connectivity index (χ4n) is 1.72. The highest BCUT2D eigenvalue weighted by Crippen LogP contribution is 2.34. The highest BCUT2D eigenvalue weighted by Gasteiger charge is 2.33. The summed E-state index contributed by atoms with van der Waals surface area (Å²) in [5.74, 6) is 0.976. The number of H-pyrrole nitrogens is 1. The van der Waals surface area contributed by atoms with E-state index in [-0.39, 0.29) is 5.91 Å². The van der Waals surface area contributed by atoms with E-state index in [1.807, 2.05) is 7.05 Å². The van der Waals surface area contributed by atoms with Gasteiger partial charge in [-0.25, -0.2) is 0 Å². The molecule has 1 aliphatic rings. The number of rotatable bonds is 3. The van der Waals surface area contributed by atoms with Crippen molar-refractivity contribution in [3.63, 3.8) is 0 Å². The summed E-state index contributed by atoms with van der Waals surface area (Å²) < 4.78 is 0. The molecule has 3 N–H and O–H groups in total. The first-order chi connectivity index (χ1) is 7.09. The molecular formula is C10H16N4O. The second-order valence-corrected chi connectivity index (χ2v) is 4.20. The van der Waals surface area contributed by atoms with Crippen molar-refractivity contribution in [1.29, 1.82) is 0 Å². The van der Waals surface area contributed by atoms with Crippen LogP contribution < -0.4 is 5.73 Å². The van der Waals surface area contributed by atoms with Crippen molar-refractivity contribution >= 4 is 11.7 Å². The molecule has 0 spiro atoms. The minimum Gasteiger partial charge on any atom is -0.382 e. The van der Waals surface area contributed by atoms with Gasteiger partial charge in [-0.05, 0) is 25.7 Å². The van der Waals surface area contributed by atoms with Crippen LogP contribution in [-0.2, 0) is 0 Å². The summed E-state index contributed by atoms with van der Waals surface area (Å²) in [4.78, 5) is 13.7. The summed E-state index contributed by atoms with van der Waals surface area (Å²) in [6.45, 7) is 2.08. The van der Waals surface area contributed by atoms with Crippen LogP contribution in [0.1, 0.15) is 30.3 Å². The van der Waals surface area contributed by atoms with E-state index >= 15 is 0 Å². The van der Waals surface area contributed by atoms with E-state index in [9.17, 15) is 4.79 Å². The van der Waals surface area contributed by atoms with Crippen molar-refractivity contribution in [3.8, 4) is 0 Å². The molecule has 0 bridgehead atoms. The normalized spacial score (nSPS) is 17.5. The molecule has 5 nitrogen and oxygen atoms in total. The molecule has 1 aliphatic carbocycles. The Hall–Kier alpha value is -1.52. The van der Waals surface area contributed by atoms with Gasteiger partial charge >= 0.3 is 0 Å². The van der Waals surface area contributed by atoms with Crippen LogP contribution in [0.25, 0.3) is 0 Å². The Morgan fingerprint density at radius 1 is 1.73 bits per heavy atom. The van der Waals surface area contributed by atoms with Gasteiger partial charge in [0.1, 0.15) is 11.5 Å². The molecule has 0 aliphatic heterocycles. The van der Waals surface area contributed by atoms with Crippen LogP contribution in [0.2, 0.25) is 0 Å². The Bertz CT molecular complexity index is 369. The van der Waals surface area contributed by atoms with Gasteiger partial charge in [0.05, 0.1) is 0 Å². The molecule has 1 amide bonds. The molecule has 1 atom stereocenters. The molecule has 0 aromatic carbocycles. The number of carbonyl (C=O) groups is 1. The van der Waals surface area contributed by atoms with E-state index in [2.05, 4.69) is 17.1 Å². The Morgan fingerprint density at radius 3 is 2.87 bits per heavy atom. The minimum absolute atomic E-state index is 0.0430. The first kappa shape index (κ1) is 10.0. The van der Waals surface area contributed by atoms with Crippen molar-refractivity contribution in [2.24, 2.45) is 5.92 Å². The van der Waals surface area contributed by atoms with Gasteiger partial charge in [-0.1, -0.05) is 0 Å². The summed E-state index contributed by atoms with van der Waals surface area (Å²) in [5.41, 5.74) is 5.91. The van der Waals surface area contributed by atoms with Crippen LogP contribution in [0.3, 0.4) is 0 Å². The predicted molar refractivity (Wildman–Crippen MR) is 57.3 cm³/mol. The van der Waals surface area contributed by atoms with Crippen LogP contribution in [0.4, 0.5) is 5.82 Å². The zero-order chi connectivity index (χ0) is 11.0. The zero-order valence-corrected chi connectivity index (χ0v) is 9.03. The van der Waals surface area contributed by atoms with E-state index in [1.54, 1.807) is 11.0 Å². The summed E-state index contributed by atoms with van der Waals surface area (Å²) in [6, 6.07) is 1.86. The van der Waals surface area contributed by atoms with Gasteiger partial charge in [0, 0.05) is 19.2 Å². The number of nitrogens with one attached hydrogen (secondary N) is 1. The van der Waals surface area contributed by atoms with Crippen molar-refractivity contribution in [2.75, 3.05) is 12.8 Å². The van der Waals surface area contributed by atoms with Gasteiger partial charge in [-0.2, -0.15) is 5.10 Å². The van der Waals surface area contributed by atoms with E-state index in [1.165, 1.54) is 12.8 Å². The van der Waals surface area contributed by atoms with Gasteiger partial charge in [0.15, 0.2) is 0 Å². The van der Waals surface area contributed by atoms with E-state index < -0.39 is 0 Å². The fraction of sp³-hybridized carbons (Fsp3) is 0.600. The summed E-state index contributed by atoms with van der Waals surface area (Å²) in [7, 11) is 1.82. The lowest BCUT2D eigenvalue weighted by Gasteiger charge is -2.24. The molecule has 1 aromatic rings. The van der Waals surface area contributed by atoms with Crippen LogP contribution in [-0.4, -0.2) is 34.1 Å². The van der Waals surface area contributed by atoms with Crippen LogP contribution in [0.5, 0.6) is 0 Å². The summed E-state index contributed by atoms with van der Waals surface area (Å²) >= 11 is 0. The molecule has 1 unspecified atom stereocenters. The average molecular weight is 208 g/mol. The number of aromatic nitrogens is 2. The topological polar surface area (TPSA) is 75.0 Å². The van der Waals surface area contributed by atoms with Crippen LogP contribution in [0.15, 0.2) is 6.07 Å². The highest BCUT2D eigenvalue weighted by molar-refractivity contribution is 5.93. The Kier molecular flexibility index (Phi) is 2.38. The number of nitrogens with zero attached hydrogens (tertiary/aromatic N) is 2. The predicted octanol–water partition coefficient (Wildman–Crippen LogP) is 0.862. The molecule has 5 heteroatoms. The maximum atomic E-state index is 11.9. The monoisotopic (exact) mass is 208 g/mol. The minimum atomic E-state index is -0.0430. The summed E-state index contributed by atoms with van der Waals surface area (Å²) in [5, 5.41) is 6.38. The maximum absolute atomic E-state index is 11.9. The lowest BCUT2D eigenvalue weighted by molar-refractivity contribution is 0.0721. The number of nitrogen functional groups attached to an aromatic ring is 1. The Balaban J connectivity index is 2.06. The molecule has 0 radical (unpaired) electrons. The van der Waals surface area contributed by atoms with Crippen molar-refractivity contribution in [1.82, 2.24) is 15.1 Å². The largest absolute Gasteiger partial charge is 0.382 e. The Morgan fingerprint density at radius 2 is 2.40 bits per heavy atom. The third-order valence-corrected chi connectivity index (χ3v) is 3.06. The van der Waals surface area contributed by atoms with Crippen molar-refractivity contribution < 1.29 is 4.79 Å². The molecular weight excluding hydrogens is 192 g/mol. The van der Waals surface area contributed by atoms with Gasteiger partial charge in [0.2, 0.25) is 0 Å². The molecule has 1 aromatic heterocycles. The van der Waals surface area contributed by atoms with Crippen LogP contribution >= 0.6 is 0 Å². The number of amides is 1. The van der Waals surface area contributed by atoms with Crippen molar-refractivity contribution in [2.45, 2.75) is 25.8 Å². The molecule has 1 heterocycles. The molecule has 15 heavy (non-hydrogen) atoms. The fourth-order valence-corrected chi connectivity index (χ4v) is 1.72. The number of nitrogens with two attached hydrogens (primary N) is 1. The van der Waals surface area contributed by atoms with Gasteiger partial charge in [-0.15, -0.1) is 0 Å². The maximum Gasteiger partial charge on any atom is 0.271 e. The number of carbonyl (C=O) groups excluding carboxylic acids is 1. The highest BCUT2D eigenvalue weighted by atomic mass is 16.2. The van der Waals surface area contributed by atoms with Gasteiger partial charge < -0.3 is 10.6 Å².